The topological polar surface area (TPSA) is 17.8 Å². The minimum absolute atomic E-state index is 0.369. The summed E-state index contributed by atoms with van der Waals surface area (Å²) in [4.78, 5) is 4.58. The van der Waals surface area contributed by atoms with Crippen LogP contribution in [-0.2, 0) is 5.88 Å². The molecule has 0 bridgehead atoms. The van der Waals surface area contributed by atoms with E-state index >= 15 is 0 Å². The molecule has 0 spiro atoms. The van der Waals surface area contributed by atoms with Crippen LogP contribution in [-0.4, -0.2) is 9.55 Å². The minimum Gasteiger partial charge on any atom is -0.295 e. The average Bonchev–Trinajstić information content (AvgIpc) is 2.77. The minimum atomic E-state index is 0.369. The van der Waals surface area contributed by atoms with Crippen LogP contribution in [0.25, 0.3) is 16.7 Å². The first-order chi connectivity index (χ1) is 9.19. The van der Waals surface area contributed by atoms with Crippen molar-refractivity contribution >= 4 is 56.8 Å². The molecule has 0 aliphatic heterocycles. The molecule has 96 valence electrons. The normalized spacial score (nSPS) is 11.1. The Labute approximate surface area is 134 Å². The van der Waals surface area contributed by atoms with Crippen molar-refractivity contribution in [2.24, 2.45) is 0 Å². The third kappa shape index (κ3) is 2.47. The summed E-state index contributed by atoms with van der Waals surface area (Å²) >= 11 is 14.2. The molecule has 5 heteroatoms. The average molecular weight is 403 g/mol. The summed E-state index contributed by atoms with van der Waals surface area (Å²) in [6.07, 6.45) is 0. The van der Waals surface area contributed by atoms with Crippen LogP contribution in [0.1, 0.15) is 5.82 Å². The Bertz CT molecular complexity index is 735. The van der Waals surface area contributed by atoms with Crippen LogP contribution in [0.5, 0.6) is 0 Å². The predicted molar refractivity (Wildman–Crippen MR) is 88.4 cm³/mol. The summed E-state index contributed by atoms with van der Waals surface area (Å²) in [5.41, 5.74) is 3.03. The zero-order chi connectivity index (χ0) is 13.4. The van der Waals surface area contributed by atoms with E-state index in [0.29, 0.717) is 5.88 Å². The van der Waals surface area contributed by atoms with Crippen LogP contribution in [0.4, 0.5) is 0 Å². The second-order valence-electron chi connectivity index (χ2n) is 4.11. The molecule has 0 amide bonds. The molecule has 0 unspecified atom stereocenters. The smallest absolute Gasteiger partial charge is 0.129 e. The van der Waals surface area contributed by atoms with Gasteiger partial charge in [-0.25, -0.2) is 4.98 Å². The first-order valence-electron chi connectivity index (χ1n) is 5.68. The van der Waals surface area contributed by atoms with Crippen LogP contribution in [0.3, 0.4) is 0 Å². The number of rotatable bonds is 2. The Morgan fingerprint density at radius 3 is 2.53 bits per heavy atom. The van der Waals surface area contributed by atoms with E-state index in [9.17, 15) is 0 Å². The quantitative estimate of drug-likeness (QED) is 0.434. The van der Waals surface area contributed by atoms with E-state index in [1.165, 1.54) is 0 Å². The zero-order valence-corrected chi connectivity index (χ0v) is 13.4. The van der Waals surface area contributed by atoms with E-state index in [0.717, 1.165) is 31.1 Å². The van der Waals surface area contributed by atoms with Crippen LogP contribution < -0.4 is 0 Å². The molecule has 0 saturated heterocycles. The zero-order valence-electron chi connectivity index (χ0n) is 9.78. The van der Waals surface area contributed by atoms with Crippen LogP contribution in [0.15, 0.2) is 42.5 Å². The van der Waals surface area contributed by atoms with Gasteiger partial charge >= 0.3 is 0 Å². The summed E-state index contributed by atoms with van der Waals surface area (Å²) in [5, 5.41) is 0.718. The van der Waals surface area contributed by atoms with Crippen molar-refractivity contribution < 1.29 is 0 Å². The van der Waals surface area contributed by atoms with E-state index in [4.69, 9.17) is 23.2 Å². The van der Waals surface area contributed by atoms with Gasteiger partial charge in [-0.15, -0.1) is 11.6 Å². The maximum absolute atomic E-state index is 6.01. The Hall–Kier alpha value is -0.780. The summed E-state index contributed by atoms with van der Waals surface area (Å²) in [6, 6.07) is 13.9. The van der Waals surface area contributed by atoms with Crippen LogP contribution >= 0.6 is 45.8 Å². The Balaban J connectivity index is 2.29. The van der Waals surface area contributed by atoms with E-state index in [-0.39, 0.29) is 0 Å². The highest BCUT2D eigenvalue weighted by Crippen LogP contribution is 2.25. The molecule has 3 rings (SSSR count). The highest BCUT2D eigenvalue weighted by Gasteiger charge is 2.11. The van der Waals surface area contributed by atoms with E-state index in [1.54, 1.807) is 0 Å². The highest BCUT2D eigenvalue weighted by atomic mass is 127. The highest BCUT2D eigenvalue weighted by molar-refractivity contribution is 14.1. The van der Waals surface area contributed by atoms with Gasteiger partial charge in [0.05, 0.1) is 16.9 Å². The van der Waals surface area contributed by atoms with Crippen molar-refractivity contribution in [3.63, 3.8) is 0 Å². The van der Waals surface area contributed by atoms with Crippen molar-refractivity contribution in [1.82, 2.24) is 9.55 Å². The van der Waals surface area contributed by atoms with Gasteiger partial charge in [0.1, 0.15) is 5.82 Å². The van der Waals surface area contributed by atoms with Crippen molar-refractivity contribution in [3.05, 3.63) is 56.9 Å². The van der Waals surface area contributed by atoms with Crippen LogP contribution in [0.2, 0.25) is 5.02 Å². The van der Waals surface area contributed by atoms with Crippen molar-refractivity contribution in [1.29, 1.82) is 0 Å². The van der Waals surface area contributed by atoms with Gasteiger partial charge in [0.15, 0.2) is 0 Å². The van der Waals surface area contributed by atoms with E-state index in [2.05, 4.69) is 50.3 Å². The first kappa shape index (κ1) is 13.2. The number of fused-ring (bicyclic) bond motifs is 1. The van der Waals surface area contributed by atoms with Gasteiger partial charge in [-0.1, -0.05) is 11.6 Å². The molecule has 0 aliphatic rings. The number of alkyl halides is 1. The van der Waals surface area contributed by atoms with Gasteiger partial charge in [-0.3, -0.25) is 4.57 Å². The van der Waals surface area contributed by atoms with Crippen LogP contribution in [0, 0.1) is 3.57 Å². The lowest BCUT2D eigenvalue weighted by Gasteiger charge is -2.07. The maximum Gasteiger partial charge on any atom is 0.129 e. The van der Waals surface area contributed by atoms with E-state index < -0.39 is 0 Å². The molecular weight excluding hydrogens is 394 g/mol. The van der Waals surface area contributed by atoms with Gasteiger partial charge in [-0.2, -0.15) is 0 Å². The summed E-state index contributed by atoms with van der Waals surface area (Å²) < 4.78 is 3.22. The molecule has 0 radical (unpaired) electrons. The fraction of sp³-hybridized carbons (Fsp3) is 0.0714. The van der Waals surface area contributed by atoms with Gasteiger partial charge in [-0.05, 0) is 65.1 Å². The fourth-order valence-electron chi connectivity index (χ4n) is 2.07. The molecule has 1 aromatic heterocycles. The standard InChI is InChI=1S/C14H9Cl2IN2/c15-8-14-18-12-7-10(17)3-6-13(12)19(14)11-4-1-9(16)2-5-11/h1-7H,8H2. The third-order valence-electron chi connectivity index (χ3n) is 2.89. The van der Waals surface area contributed by atoms with Gasteiger partial charge in [0.25, 0.3) is 0 Å². The van der Waals surface area contributed by atoms with Crippen molar-refractivity contribution in [2.75, 3.05) is 0 Å². The van der Waals surface area contributed by atoms with Gasteiger partial charge < -0.3 is 0 Å². The molecule has 0 fully saturated rings. The maximum atomic E-state index is 6.01. The number of benzene rings is 2. The molecule has 3 aromatic rings. The van der Waals surface area contributed by atoms with Crippen molar-refractivity contribution in [2.45, 2.75) is 5.88 Å². The molecule has 0 atom stereocenters. The largest absolute Gasteiger partial charge is 0.295 e. The Morgan fingerprint density at radius 1 is 1.11 bits per heavy atom. The molecule has 19 heavy (non-hydrogen) atoms. The predicted octanol–water partition coefficient (Wildman–Crippen LogP) is 5.02. The third-order valence-corrected chi connectivity index (χ3v) is 4.05. The summed E-state index contributed by atoms with van der Waals surface area (Å²) in [6.45, 7) is 0. The number of nitrogens with zero attached hydrogens (tertiary/aromatic N) is 2. The number of aromatic nitrogens is 2. The Morgan fingerprint density at radius 2 is 1.84 bits per heavy atom. The molecule has 0 aliphatic carbocycles. The number of hydrogen-bond donors (Lipinski definition) is 0. The lowest BCUT2D eigenvalue weighted by atomic mass is 10.3. The molecule has 1 heterocycles. The SMILES string of the molecule is ClCc1nc2cc(I)ccc2n1-c1ccc(Cl)cc1. The lowest BCUT2D eigenvalue weighted by Crippen LogP contribution is -1.98. The molecule has 0 saturated carbocycles. The summed E-state index contributed by atoms with van der Waals surface area (Å²) in [7, 11) is 0. The number of hydrogen-bond acceptors (Lipinski definition) is 1. The van der Waals surface area contributed by atoms with Gasteiger partial charge in [0.2, 0.25) is 0 Å². The lowest BCUT2D eigenvalue weighted by molar-refractivity contribution is 0.982. The molecule has 2 nitrogen and oxygen atoms in total. The first-order valence-corrected chi connectivity index (χ1v) is 7.67. The summed E-state index contributed by atoms with van der Waals surface area (Å²) in [5.74, 6) is 1.20. The fourth-order valence-corrected chi connectivity index (χ4v) is 2.85. The second kappa shape index (κ2) is 5.31. The molecular formula is C14H9Cl2IN2. The second-order valence-corrected chi connectivity index (χ2v) is 6.06. The monoisotopic (exact) mass is 402 g/mol. The molecule has 2 aromatic carbocycles. The van der Waals surface area contributed by atoms with Crippen molar-refractivity contribution in [3.8, 4) is 5.69 Å². The van der Waals surface area contributed by atoms with Gasteiger partial charge in [0, 0.05) is 14.3 Å². The Kier molecular flexibility index (Phi) is 3.69. The number of imidazole rings is 1. The molecule has 0 N–H and O–H groups in total. The number of halogens is 3. The van der Waals surface area contributed by atoms with E-state index in [1.807, 2.05) is 24.3 Å².